The smallest absolute Gasteiger partial charge is 0.182 e. The lowest BCUT2D eigenvalue weighted by molar-refractivity contribution is -0.679. The molecule has 1 aromatic heterocycles. The molecule has 0 aliphatic heterocycles. The predicted molar refractivity (Wildman–Crippen MR) is 91.2 cm³/mol. The first-order valence-corrected chi connectivity index (χ1v) is 7.66. The third kappa shape index (κ3) is 3.34. The van der Waals surface area contributed by atoms with Gasteiger partial charge in [-0.3, -0.25) is 0 Å². The number of hydrogen-bond acceptors (Lipinski definition) is 1. The third-order valence-corrected chi connectivity index (χ3v) is 3.89. The molecular weight excluding hydrogens is 268 g/mol. The molecule has 0 saturated carbocycles. The SMILES string of the molecule is C[n+]1ccccc1CCN(c1ccccc1)c1ccccc1. The van der Waals surface area contributed by atoms with Crippen molar-refractivity contribution < 1.29 is 4.57 Å². The molecule has 2 aromatic carbocycles. The summed E-state index contributed by atoms with van der Waals surface area (Å²) in [4.78, 5) is 2.37. The van der Waals surface area contributed by atoms with E-state index < -0.39 is 0 Å². The number of anilines is 2. The van der Waals surface area contributed by atoms with Crippen LogP contribution in [-0.2, 0) is 13.5 Å². The van der Waals surface area contributed by atoms with Gasteiger partial charge in [0.05, 0.1) is 6.42 Å². The molecule has 0 spiro atoms. The lowest BCUT2D eigenvalue weighted by Crippen LogP contribution is -2.34. The molecule has 22 heavy (non-hydrogen) atoms. The highest BCUT2D eigenvalue weighted by Gasteiger charge is 2.12. The van der Waals surface area contributed by atoms with Gasteiger partial charge in [-0.1, -0.05) is 42.5 Å². The molecule has 0 unspecified atom stereocenters. The summed E-state index contributed by atoms with van der Waals surface area (Å²) in [5, 5.41) is 0. The van der Waals surface area contributed by atoms with Gasteiger partial charge in [-0.25, -0.2) is 4.57 Å². The Morgan fingerprint density at radius 3 is 1.82 bits per heavy atom. The van der Waals surface area contributed by atoms with Crippen LogP contribution < -0.4 is 9.47 Å². The van der Waals surface area contributed by atoms with Crippen LogP contribution in [0.5, 0.6) is 0 Å². The molecule has 0 saturated heterocycles. The molecule has 0 amide bonds. The second kappa shape index (κ2) is 6.90. The fourth-order valence-electron chi connectivity index (χ4n) is 2.67. The molecule has 2 nitrogen and oxygen atoms in total. The van der Waals surface area contributed by atoms with E-state index in [1.807, 2.05) is 0 Å². The minimum absolute atomic E-state index is 0.950. The highest BCUT2D eigenvalue weighted by Crippen LogP contribution is 2.24. The Bertz CT molecular complexity index is 669. The first-order valence-electron chi connectivity index (χ1n) is 7.66. The van der Waals surface area contributed by atoms with Crippen LogP contribution in [0.4, 0.5) is 11.4 Å². The Morgan fingerprint density at radius 1 is 0.727 bits per heavy atom. The Labute approximate surface area is 132 Å². The summed E-state index contributed by atoms with van der Waals surface area (Å²) in [6.45, 7) is 0.950. The molecule has 2 heteroatoms. The lowest BCUT2D eigenvalue weighted by Gasteiger charge is -2.24. The number of benzene rings is 2. The summed E-state index contributed by atoms with van der Waals surface area (Å²) in [7, 11) is 2.10. The normalized spacial score (nSPS) is 10.4. The number of rotatable bonds is 5. The van der Waals surface area contributed by atoms with Crippen LogP contribution in [0, 0.1) is 0 Å². The van der Waals surface area contributed by atoms with Crippen LogP contribution in [0.25, 0.3) is 0 Å². The van der Waals surface area contributed by atoms with E-state index >= 15 is 0 Å². The van der Waals surface area contributed by atoms with Gasteiger partial charge in [0.1, 0.15) is 7.05 Å². The molecule has 3 rings (SSSR count). The van der Waals surface area contributed by atoms with E-state index in [2.05, 4.69) is 102 Å². The van der Waals surface area contributed by atoms with Crippen LogP contribution in [-0.4, -0.2) is 6.54 Å². The highest BCUT2D eigenvalue weighted by molar-refractivity contribution is 5.62. The van der Waals surface area contributed by atoms with Crippen LogP contribution in [0.3, 0.4) is 0 Å². The summed E-state index contributed by atoms with van der Waals surface area (Å²) >= 11 is 0. The van der Waals surface area contributed by atoms with Crippen LogP contribution in [0.1, 0.15) is 5.69 Å². The topological polar surface area (TPSA) is 7.12 Å². The number of pyridine rings is 1. The second-order valence-corrected chi connectivity index (χ2v) is 5.38. The van der Waals surface area contributed by atoms with Gasteiger partial charge in [-0.15, -0.1) is 0 Å². The molecule has 0 bridgehead atoms. The van der Waals surface area contributed by atoms with Crippen molar-refractivity contribution in [3.63, 3.8) is 0 Å². The fraction of sp³-hybridized carbons (Fsp3) is 0.150. The van der Waals surface area contributed by atoms with E-state index in [9.17, 15) is 0 Å². The van der Waals surface area contributed by atoms with E-state index in [4.69, 9.17) is 0 Å². The summed E-state index contributed by atoms with van der Waals surface area (Å²) in [6.07, 6.45) is 3.10. The minimum atomic E-state index is 0.950. The van der Waals surface area contributed by atoms with Crippen molar-refractivity contribution in [2.24, 2.45) is 7.05 Å². The third-order valence-electron chi connectivity index (χ3n) is 3.89. The second-order valence-electron chi connectivity index (χ2n) is 5.38. The van der Waals surface area contributed by atoms with Gasteiger partial charge in [-0.2, -0.15) is 0 Å². The van der Waals surface area contributed by atoms with E-state index in [1.165, 1.54) is 17.1 Å². The Hall–Kier alpha value is -2.61. The van der Waals surface area contributed by atoms with E-state index in [0.29, 0.717) is 0 Å². The number of hydrogen-bond donors (Lipinski definition) is 0. The maximum Gasteiger partial charge on any atom is 0.182 e. The summed E-state index contributed by atoms with van der Waals surface area (Å²) in [6, 6.07) is 27.5. The van der Waals surface area contributed by atoms with Gasteiger partial charge < -0.3 is 4.90 Å². The van der Waals surface area contributed by atoms with Crippen molar-refractivity contribution in [2.75, 3.05) is 11.4 Å². The Kier molecular flexibility index (Phi) is 4.50. The molecule has 0 N–H and O–H groups in total. The van der Waals surface area contributed by atoms with E-state index in [1.54, 1.807) is 0 Å². The highest BCUT2D eigenvalue weighted by atomic mass is 15.1. The fourth-order valence-corrected chi connectivity index (χ4v) is 2.67. The standard InChI is InChI=1S/C20H21N2/c1-21-16-9-8-10-18(21)15-17-22(19-11-4-2-5-12-19)20-13-6-3-7-14-20/h2-14,16H,15,17H2,1H3/q+1. The monoisotopic (exact) mass is 289 g/mol. The number of aromatic nitrogens is 1. The van der Waals surface area contributed by atoms with Crippen molar-refractivity contribution >= 4 is 11.4 Å². The zero-order chi connectivity index (χ0) is 15.2. The zero-order valence-electron chi connectivity index (χ0n) is 12.9. The number of nitrogens with zero attached hydrogens (tertiary/aromatic N) is 2. The lowest BCUT2D eigenvalue weighted by atomic mass is 10.2. The molecule has 1 heterocycles. The van der Waals surface area contributed by atoms with Crippen molar-refractivity contribution in [1.82, 2.24) is 0 Å². The summed E-state index contributed by atoms with van der Waals surface area (Å²) in [5.74, 6) is 0. The van der Waals surface area contributed by atoms with Crippen molar-refractivity contribution in [1.29, 1.82) is 0 Å². The van der Waals surface area contributed by atoms with Crippen LogP contribution in [0.15, 0.2) is 85.1 Å². The molecule has 0 aliphatic rings. The van der Waals surface area contributed by atoms with Gasteiger partial charge >= 0.3 is 0 Å². The average molecular weight is 289 g/mol. The zero-order valence-corrected chi connectivity index (χ0v) is 12.9. The first kappa shape index (κ1) is 14.3. The minimum Gasteiger partial charge on any atom is -0.341 e. The van der Waals surface area contributed by atoms with E-state index in [-0.39, 0.29) is 0 Å². The first-order chi connectivity index (χ1) is 10.8. The molecule has 110 valence electrons. The number of aryl methyl sites for hydroxylation is 1. The van der Waals surface area contributed by atoms with Gasteiger partial charge in [0.15, 0.2) is 11.9 Å². The largest absolute Gasteiger partial charge is 0.341 e. The molecular formula is C20H21N2+. The summed E-state index contributed by atoms with van der Waals surface area (Å²) < 4.78 is 2.19. The maximum absolute atomic E-state index is 2.37. The van der Waals surface area contributed by atoms with Gasteiger partial charge in [-0.05, 0) is 24.3 Å². The number of para-hydroxylation sites is 2. The predicted octanol–water partition coefficient (Wildman–Crippen LogP) is 3.89. The molecule has 0 fully saturated rings. The van der Waals surface area contributed by atoms with Crippen molar-refractivity contribution in [2.45, 2.75) is 6.42 Å². The van der Waals surface area contributed by atoms with E-state index in [0.717, 1.165) is 13.0 Å². The molecule has 0 aliphatic carbocycles. The van der Waals surface area contributed by atoms with Crippen LogP contribution in [0.2, 0.25) is 0 Å². The Morgan fingerprint density at radius 2 is 1.27 bits per heavy atom. The quantitative estimate of drug-likeness (QED) is 0.646. The average Bonchev–Trinajstić information content (AvgIpc) is 2.59. The van der Waals surface area contributed by atoms with Crippen molar-refractivity contribution in [3.05, 3.63) is 90.8 Å². The molecule has 0 atom stereocenters. The Balaban J connectivity index is 1.85. The molecule has 0 radical (unpaired) electrons. The molecule has 3 aromatic rings. The van der Waals surface area contributed by atoms with Gasteiger partial charge in [0, 0.05) is 30.1 Å². The van der Waals surface area contributed by atoms with Crippen molar-refractivity contribution in [3.8, 4) is 0 Å². The maximum atomic E-state index is 2.37. The van der Waals surface area contributed by atoms with Gasteiger partial charge in [0.25, 0.3) is 0 Å². The summed E-state index contributed by atoms with van der Waals surface area (Å²) in [5.41, 5.74) is 3.79. The van der Waals surface area contributed by atoms with Gasteiger partial charge in [0.2, 0.25) is 0 Å². The van der Waals surface area contributed by atoms with Crippen LogP contribution >= 0.6 is 0 Å².